The van der Waals surface area contributed by atoms with Crippen LogP contribution in [-0.2, 0) is 9.53 Å². The molecule has 3 rings (SSSR count). The fraction of sp³-hybridized carbons (Fsp3) is 0.286. The van der Waals surface area contributed by atoms with Gasteiger partial charge in [0, 0.05) is 0 Å². The predicted molar refractivity (Wildman–Crippen MR) is 110 cm³/mol. The van der Waals surface area contributed by atoms with E-state index in [0.717, 1.165) is 23.1 Å². The maximum Gasteiger partial charge on any atom is 0.338 e. The highest BCUT2D eigenvalue weighted by Gasteiger charge is 2.12. The van der Waals surface area contributed by atoms with Crippen LogP contribution in [0.5, 0.6) is 5.75 Å². The van der Waals surface area contributed by atoms with E-state index in [1.165, 1.54) is 11.3 Å². The summed E-state index contributed by atoms with van der Waals surface area (Å²) in [6, 6.07) is 12.7. The molecule has 0 saturated heterocycles. The van der Waals surface area contributed by atoms with Crippen LogP contribution in [0.3, 0.4) is 0 Å². The molecule has 0 aliphatic carbocycles. The lowest BCUT2D eigenvalue weighted by Gasteiger charge is -2.07. The molecule has 0 aliphatic rings. The Kier molecular flexibility index (Phi) is 6.60. The standard InChI is InChI=1S/C21H22N2O4S/c1-3-4-11-26-20(25)15-9-10-16-18(12-15)28-21(22-16)23-19(24)13-27-17-8-6-5-7-14(17)2/h5-10,12H,3-4,11,13H2,1-2H3,(H,22,23,24). The molecule has 146 valence electrons. The second kappa shape index (κ2) is 9.32. The van der Waals surface area contributed by atoms with E-state index in [1.807, 2.05) is 38.1 Å². The Bertz CT molecular complexity index is 983. The van der Waals surface area contributed by atoms with Gasteiger partial charge in [0.2, 0.25) is 0 Å². The topological polar surface area (TPSA) is 77.5 Å². The van der Waals surface area contributed by atoms with Crippen LogP contribution in [-0.4, -0.2) is 30.1 Å². The number of esters is 1. The Morgan fingerprint density at radius 3 is 2.79 bits per heavy atom. The Labute approximate surface area is 167 Å². The van der Waals surface area contributed by atoms with Crippen molar-refractivity contribution in [1.29, 1.82) is 0 Å². The Morgan fingerprint density at radius 2 is 2.00 bits per heavy atom. The zero-order valence-electron chi connectivity index (χ0n) is 15.9. The number of hydrogen-bond donors (Lipinski definition) is 1. The molecule has 0 spiro atoms. The number of hydrogen-bond acceptors (Lipinski definition) is 6. The summed E-state index contributed by atoms with van der Waals surface area (Å²) in [5, 5.41) is 3.20. The molecule has 1 heterocycles. The Balaban J connectivity index is 1.61. The van der Waals surface area contributed by atoms with Gasteiger partial charge in [0.15, 0.2) is 11.7 Å². The van der Waals surface area contributed by atoms with Gasteiger partial charge in [-0.05, 0) is 43.2 Å². The molecule has 0 radical (unpaired) electrons. The van der Waals surface area contributed by atoms with Gasteiger partial charge in [-0.2, -0.15) is 0 Å². The van der Waals surface area contributed by atoms with Crippen molar-refractivity contribution < 1.29 is 19.1 Å². The number of para-hydroxylation sites is 1. The first-order valence-electron chi connectivity index (χ1n) is 9.13. The van der Waals surface area contributed by atoms with Crippen molar-refractivity contribution in [2.75, 3.05) is 18.5 Å². The van der Waals surface area contributed by atoms with Gasteiger partial charge in [0.1, 0.15) is 5.75 Å². The van der Waals surface area contributed by atoms with E-state index in [2.05, 4.69) is 10.3 Å². The maximum absolute atomic E-state index is 12.2. The molecule has 28 heavy (non-hydrogen) atoms. The van der Waals surface area contributed by atoms with Gasteiger partial charge >= 0.3 is 5.97 Å². The quantitative estimate of drug-likeness (QED) is 0.444. The Morgan fingerprint density at radius 1 is 1.18 bits per heavy atom. The van der Waals surface area contributed by atoms with Crippen molar-refractivity contribution in [3.05, 3.63) is 53.6 Å². The first kappa shape index (κ1) is 19.8. The number of carbonyl (C=O) groups is 2. The number of rotatable bonds is 8. The number of ether oxygens (including phenoxy) is 2. The molecule has 7 heteroatoms. The van der Waals surface area contributed by atoms with E-state index in [-0.39, 0.29) is 18.5 Å². The fourth-order valence-corrected chi connectivity index (χ4v) is 3.44. The average Bonchev–Trinajstić information content (AvgIpc) is 3.08. The molecule has 0 atom stereocenters. The summed E-state index contributed by atoms with van der Waals surface area (Å²) in [6.45, 7) is 4.28. The molecule has 0 aliphatic heterocycles. The van der Waals surface area contributed by atoms with Crippen molar-refractivity contribution in [1.82, 2.24) is 4.98 Å². The third-order valence-corrected chi connectivity index (χ3v) is 4.99. The van der Waals surface area contributed by atoms with Gasteiger partial charge in [-0.3, -0.25) is 10.1 Å². The molecule has 1 N–H and O–H groups in total. The number of unbranched alkanes of at least 4 members (excludes halogenated alkanes) is 1. The van der Waals surface area contributed by atoms with Crippen molar-refractivity contribution >= 4 is 38.6 Å². The van der Waals surface area contributed by atoms with Crippen LogP contribution >= 0.6 is 11.3 Å². The number of nitrogens with one attached hydrogen (secondary N) is 1. The lowest BCUT2D eigenvalue weighted by Crippen LogP contribution is -2.20. The van der Waals surface area contributed by atoms with E-state index in [9.17, 15) is 9.59 Å². The number of aryl methyl sites for hydroxylation is 1. The molecule has 1 aromatic heterocycles. The van der Waals surface area contributed by atoms with Crippen LogP contribution in [0, 0.1) is 6.92 Å². The van der Waals surface area contributed by atoms with Crippen LogP contribution < -0.4 is 10.1 Å². The summed E-state index contributed by atoms with van der Waals surface area (Å²) in [7, 11) is 0. The van der Waals surface area contributed by atoms with Crippen molar-refractivity contribution in [3.63, 3.8) is 0 Å². The SMILES string of the molecule is CCCCOC(=O)c1ccc2nc(NC(=O)COc3ccccc3C)sc2c1. The molecule has 3 aromatic rings. The first-order chi connectivity index (χ1) is 13.6. The molecule has 6 nitrogen and oxygen atoms in total. The number of thiazole rings is 1. The predicted octanol–water partition coefficient (Wildman–Crippen LogP) is 4.58. The smallest absolute Gasteiger partial charge is 0.338 e. The van der Waals surface area contributed by atoms with E-state index in [0.29, 0.717) is 28.6 Å². The van der Waals surface area contributed by atoms with Crippen LogP contribution in [0.25, 0.3) is 10.2 Å². The number of anilines is 1. The zero-order chi connectivity index (χ0) is 19.9. The second-order valence-electron chi connectivity index (χ2n) is 6.29. The third kappa shape index (κ3) is 5.07. The molecular formula is C21H22N2O4S. The van der Waals surface area contributed by atoms with E-state index < -0.39 is 0 Å². The molecule has 2 aromatic carbocycles. The van der Waals surface area contributed by atoms with Gasteiger partial charge in [-0.15, -0.1) is 0 Å². The second-order valence-corrected chi connectivity index (χ2v) is 7.32. The molecular weight excluding hydrogens is 376 g/mol. The average molecular weight is 398 g/mol. The van der Waals surface area contributed by atoms with E-state index in [1.54, 1.807) is 18.2 Å². The summed E-state index contributed by atoms with van der Waals surface area (Å²) >= 11 is 1.30. The van der Waals surface area contributed by atoms with E-state index in [4.69, 9.17) is 9.47 Å². The molecule has 0 fully saturated rings. The molecule has 0 unspecified atom stereocenters. The normalized spacial score (nSPS) is 10.6. The van der Waals surface area contributed by atoms with Crippen molar-refractivity contribution in [2.24, 2.45) is 0 Å². The minimum absolute atomic E-state index is 0.101. The maximum atomic E-state index is 12.2. The fourth-order valence-electron chi connectivity index (χ4n) is 2.51. The minimum Gasteiger partial charge on any atom is -0.483 e. The lowest BCUT2D eigenvalue weighted by atomic mass is 10.2. The number of aromatic nitrogens is 1. The van der Waals surface area contributed by atoms with Crippen molar-refractivity contribution in [3.8, 4) is 5.75 Å². The van der Waals surface area contributed by atoms with Gasteiger partial charge in [0.25, 0.3) is 5.91 Å². The van der Waals surface area contributed by atoms with Gasteiger partial charge < -0.3 is 9.47 Å². The zero-order valence-corrected chi connectivity index (χ0v) is 16.7. The monoisotopic (exact) mass is 398 g/mol. The largest absolute Gasteiger partial charge is 0.483 e. The highest BCUT2D eigenvalue weighted by molar-refractivity contribution is 7.22. The number of amides is 1. The summed E-state index contributed by atoms with van der Waals surface area (Å²) in [6.07, 6.45) is 1.81. The summed E-state index contributed by atoms with van der Waals surface area (Å²) in [5.74, 6) is 0.0376. The summed E-state index contributed by atoms with van der Waals surface area (Å²) in [5.41, 5.74) is 2.16. The minimum atomic E-state index is -0.346. The lowest BCUT2D eigenvalue weighted by molar-refractivity contribution is -0.118. The number of carbonyl (C=O) groups excluding carboxylic acids is 2. The van der Waals surface area contributed by atoms with Gasteiger partial charge in [0.05, 0.1) is 22.4 Å². The highest BCUT2D eigenvalue weighted by atomic mass is 32.1. The first-order valence-corrected chi connectivity index (χ1v) is 9.94. The van der Waals surface area contributed by atoms with Crippen LogP contribution in [0.15, 0.2) is 42.5 Å². The number of fused-ring (bicyclic) bond motifs is 1. The van der Waals surface area contributed by atoms with Crippen LogP contribution in [0.2, 0.25) is 0 Å². The molecule has 0 saturated carbocycles. The number of nitrogens with zero attached hydrogens (tertiary/aromatic N) is 1. The van der Waals surface area contributed by atoms with Gasteiger partial charge in [-0.25, -0.2) is 9.78 Å². The van der Waals surface area contributed by atoms with Crippen LogP contribution in [0.4, 0.5) is 5.13 Å². The van der Waals surface area contributed by atoms with Crippen LogP contribution in [0.1, 0.15) is 35.7 Å². The third-order valence-electron chi connectivity index (χ3n) is 4.05. The van der Waals surface area contributed by atoms with Gasteiger partial charge in [-0.1, -0.05) is 42.9 Å². The molecule has 0 bridgehead atoms. The van der Waals surface area contributed by atoms with Crippen molar-refractivity contribution in [2.45, 2.75) is 26.7 Å². The molecule has 1 amide bonds. The van der Waals surface area contributed by atoms with E-state index >= 15 is 0 Å². The number of benzene rings is 2. The highest BCUT2D eigenvalue weighted by Crippen LogP contribution is 2.27. The Hall–Kier alpha value is -2.93. The summed E-state index contributed by atoms with van der Waals surface area (Å²) in [4.78, 5) is 28.6. The summed E-state index contributed by atoms with van der Waals surface area (Å²) < 4.78 is 11.6.